The van der Waals surface area contributed by atoms with E-state index in [9.17, 15) is 10.1 Å². The Labute approximate surface area is 95.9 Å². The van der Waals surface area contributed by atoms with Crippen molar-refractivity contribution in [1.29, 1.82) is 0 Å². The van der Waals surface area contributed by atoms with Gasteiger partial charge in [-0.25, -0.2) is 0 Å². The number of rotatable bonds is 4. The Morgan fingerprint density at radius 2 is 2.12 bits per heavy atom. The quantitative estimate of drug-likeness (QED) is 0.569. The summed E-state index contributed by atoms with van der Waals surface area (Å²) in [4.78, 5) is 10.6. The van der Waals surface area contributed by atoms with Crippen LogP contribution in [0.15, 0.2) is 30.9 Å². The molecule has 0 fully saturated rings. The summed E-state index contributed by atoms with van der Waals surface area (Å²) in [7, 11) is 0. The van der Waals surface area contributed by atoms with E-state index in [1.54, 1.807) is 12.1 Å². The highest BCUT2D eigenvalue weighted by Crippen LogP contribution is 2.29. The molecule has 85 valence electrons. The summed E-state index contributed by atoms with van der Waals surface area (Å²) in [5.41, 5.74) is 1.81. The molecule has 0 aliphatic carbocycles. The SMILES string of the molecule is C=C[C](C)c1ccc(C(C)C)c([N+](=O)[O-])c1. The lowest BCUT2D eigenvalue weighted by atomic mass is 9.94. The van der Waals surface area contributed by atoms with E-state index in [1.807, 2.05) is 32.9 Å². The van der Waals surface area contributed by atoms with Gasteiger partial charge in [-0.2, -0.15) is 0 Å². The van der Waals surface area contributed by atoms with Crippen LogP contribution in [-0.4, -0.2) is 4.92 Å². The molecule has 1 aromatic carbocycles. The van der Waals surface area contributed by atoms with Crippen molar-refractivity contribution in [2.45, 2.75) is 26.7 Å². The molecule has 0 atom stereocenters. The number of hydrogen-bond donors (Lipinski definition) is 0. The Bertz CT molecular complexity index is 410. The Kier molecular flexibility index (Phi) is 3.82. The summed E-state index contributed by atoms with van der Waals surface area (Å²) >= 11 is 0. The van der Waals surface area contributed by atoms with Crippen LogP contribution in [0.4, 0.5) is 5.69 Å². The van der Waals surface area contributed by atoms with Crippen LogP contribution in [0, 0.1) is 16.0 Å². The second-order valence-electron chi connectivity index (χ2n) is 4.07. The predicted molar refractivity (Wildman–Crippen MR) is 65.4 cm³/mol. The molecule has 3 heteroatoms. The zero-order chi connectivity index (χ0) is 12.3. The average molecular weight is 218 g/mol. The van der Waals surface area contributed by atoms with Gasteiger partial charge in [0, 0.05) is 17.5 Å². The molecule has 16 heavy (non-hydrogen) atoms. The molecule has 0 aliphatic heterocycles. The summed E-state index contributed by atoms with van der Waals surface area (Å²) in [6.45, 7) is 9.45. The van der Waals surface area contributed by atoms with E-state index in [0.717, 1.165) is 17.0 Å². The number of nitro benzene ring substituents is 1. The molecule has 0 N–H and O–H groups in total. The van der Waals surface area contributed by atoms with E-state index in [0.29, 0.717) is 0 Å². The molecule has 0 unspecified atom stereocenters. The summed E-state index contributed by atoms with van der Waals surface area (Å²) in [6, 6.07) is 5.34. The monoisotopic (exact) mass is 218 g/mol. The van der Waals surface area contributed by atoms with Crippen LogP contribution in [0.5, 0.6) is 0 Å². The minimum atomic E-state index is -0.324. The standard InChI is InChI=1S/C13H16NO2/c1-5-10(4)11-6-7-12(9(2)3)13(8-11)14(15)16/h5-9H,1H2,2-4H3. The Balaban J connectivity index is 3.28. The van der Waals surface area contributed by atoms with Crippen LogP contribution in [0.3, 0.4) is 0 Å². The highest BCUT2D eigenvalue weighted by atomic mass is 16.6. The summed E-state index contributed by atoms with van der Waals surface area (Å²) in [6.07, 6.45) is 1.70. The largest absolute Gasteiger partial charge is 0.273 e. The molecular weight excluding hydrogens is 202 g/mol. The van der Waals surface area contributed by atoms with Gasteiger partial charge < -0.3 is 0 Å². The summed E-state index contributed by atoms with van der Waals surface area (Å²) in [5, 5.41) is 11.0. The zero-order valence-electron chi connectivity index (χ0n) is 9.86. The lowest BCUT2D eigenvalue weighted by Gasteiger charge is -2.10. The smallest absolute Gasteiger partial charge is 0.258 e. The number of benzene rings is 1. The van der Waals surface area contributed by atoms with Gasteiger partial charge in [0.15, 0.2) is 0 Å². The average Bonchev–Trinajstić information content (AvgIpc) is 2.26. The molecule has 0 aliphatic rings. The maximum atomic E-state index is 11.0. The van der Waals surface area contributed by atoms with Crippen molar-refractivity contribution in [1.82, 2.24) is 0 Å². The second kappa shape index (κ2) is 4.92. The van der Waals surface area contributed by atoms with Crippen LogP contribution in [0.1, 0.15) is 37.8 Å². The third-order valence-electron chi connectivity index (χ3n) is 2.61. The Morgan fingerprint density at radius 3 is 2.56 bits per heavy atom. The highest BCUT2D eigenvalue weighted by Gasteiger charge is 2.18. The van der Waals surface area contributed by atoms with E-state index in [1.165, 1.54) is 0 Å². The van der Waals surface area contributed by atoms with Gasteiger partial charge in [0.1, 0.15) is 0 Å². The molecule has 0 aromatic heterocycles. The number of nitro groups is 1. The van der Waals surface area contributed by atoms with Crippen LogP contribution in [0.2, 0.25) is 0 Å². The van der Waals surface area contributed by atoms with Gasteiger partial charge in [0.05, 0.1) is 4.92 Å². The second-order valence-corrected chi connectivity index (χ2v) is 4.07. The minimum absolute atomic E-state index is 0.151. The molecule has 0 spiro atoms. The van der Waals surface area contributed by atoms with E-state index in [2.05, 4.69) is 6.58 Å². The first kappa shape index (κ1) is 12.4. The molecular formula is C13H16NO2. The Hall–Kier alpha value is -1.64. The third kappa shape index (κ3) is 2.48. The Morgan fingerprint density at radius 1 is 1.50 bits per heavy atom. The van der Waals surface area contributed by atoms with Crippen molar-refractivity contribution in [3.05, 3.63) is 58.0 Å². The van der Waals surface area contributed by atoms with E-state index in [-0.39, 0.29) is 16.5 Å². The molecule has 0 heterocycles. The van der Waals surface area contributed by atoms with Crippen LogP contribution in [0.25, 0.3) is 0 Å². The van der Waals surface area contributed by atoms with Crippen molar-refractivity contribution in [2.75, 3.05) is 0 Å². The normalized spacial score (nSPS) is 10.8. The van der Waals surface area contributed by atoms with Crippen molar-refractivity contribution in [3.63, 3.8) is 0 Å². The fraction of sp³-hybridized carbons (Fsp3) is 0.308. The first-order valence-electron chi connectivity index (χ1n) is 5.22. The molecule has 0 bridgehead atoms. The fourth-order valence-corrected chi connectivity index (χ4v) is 1.55. The first-order valence-corrected chi connectivity index (χ1v) is 5.22. The number of nitrogens with zero attached hydrogens (tertiary/aromatic N) is 1. The van der Waals surface area contributed by atoms with Gasteiger partial charge in [0.2, 0.25) is 0 Å². The van der Waals surface area contributed by atoms with Crippen molar-refractivity contribution >= 4 is 5.69 Å². The molecule has 0 amide bonds. The van der Waals surface area contributed by atoms with E-state index >= 15 is 0 Å². The maximum absolute atomic E-state index is 11.0. The van der Waals surface area contributed by atoms with Crippen molar-refractivity contribution in [2.24, 2.45) is 0 Å². The lowest BCUT2D eigenvalue weighted by Crippen LogP contribution is -2.00. The molecule has 1 rings (SSSR count). The first-order chi connectivity index (χ1) is 7.47. The summed E-state index contributed by atoms with van der Waals surface area (Å²) in [5.74, 6) is 1.09. The third-order valence-corrected chi connectivity index (χ3v) is 2.61. The van der Waals surface area contributed by atoms with Gasteiger partial charge in [-0.15, -0.1) is 6.58 Å². The minimum Gasteiger partial charge on any atom is -0.258 e. The van der Waals surface area contributed by atoms with Crippen LogP contribution < -0.4 is 0 Å². The molecule has 0 saturated heterocycles. The van der Waals surface area contributed by atoms with Crippen LogP contribution in [-0.2, 0) is 0 Å². The van der Waals surface area contributed by atoms with Crippen LogP contribution >= 0.6 is 0 Å². The molecule has 0 saturated carbocycles. The zero-order valence-corrected chi connectivity index (χ0v) is 9.86. The fourth-order valence-electron chi connectivity index (χ4n) is 1.55. The lowest BCUT2D eigenvalue weighted by molar-refractivity contribution is -0.385. The van der Waals surface area contributed by atoms with Gasteiger partial charge in [-0.05, 0) is 11.5 Å². The highest BCUT2D eigenvalue weighted by molar-refractivity contribution is 5.49. The number of hydrogen-bond acceptors (Lipinski definition) is 2. The molecule has 1 radical (unpaired) electrons. The van der Waals surface area contributed by atoms with Gasteiger partial charge in [-0.1, -0.05) is 39.0 Å². The topological polar surface area (TPSA) is 43.1 Å². The van der Waals surface area contributed by atoms with Gasteiger partial charge in [0.25, 0.3) is 5.69 Å². The predicted octanol–water partition coefficient (Wildman–Crippen LogP) is 3.85. The van der Waals surface area contributed by atoms with E-state index < -0.39 is 0 Å². The van der Waals surface area contributed by atoms with Crippen molar-refractivity contribution < 1.29 is 4.92 Å². The molecule has 3 nitrogen and oxygen atoms in total. The van der Waals surface area contributed by atoms with E-state index in [4.69, 9.17) is 0 Å². The number of allylic oxidation sites excluding steroid dienone is 1. The summed E-state index contributed by atoms with van der Waals surface area (Å²) < 4.78 is 0. The maximum Gasteiger partial charge on any atom is 0.273 e. The van der Waals surface area contributed by atoms with Gasteiger partial charge >= 0.3 is 0 Å². The van der Waals surface area contributed by atoms with Gasteiger partial charge in [-0.3, -0.25) is 10.1 Å². The molecule has 1 aromatic rings. The van der Waals surface area contributed by atoms with Crippen molar-refractivity contribution in [3.8, 4) is 0 Å².